The van der Waals surface area contributed by atoms with Gasteiger partial charge in [0, 0.05) is 37.0 Å². The molecule has 1 fully saturated rings. The van der Waals surface area contributed by atoms with Gasteiger partial charge in [0.05, 0.1) is 29.6 Å². The molecule has 5 aromatic rings. The Hall–Kier alpha value is -3.79. The van der Waals surface area contributed by atoms with Crippen molar-refractivity contribution < 1.29 is 13.6 Å². The first kappa shape index (κ1) is 20.8. The van der Waals surface area contributed by atoms with Crippen LogP contribution in [0.2, 0.25) is 0 Å². The standard InChI is InChI=1S/C24H24N6O4/c1-4-16-7-15(5-6-32-16)30-21-18-8-17(19-10-25-12-33-19)13(2)27-23(18)34-22(21)20(28-24(30)31)14-9-26-29(3)11-14/h8-12,15-16H,4-7H2,1-3H3/t15-,16-/m0/s1. The zero-order chi connectivity index (χ0) is 23.4. The topological polar surface area (TPSA) is 114 Å². The quantitative estimate of drug-likeness (QED) is 0.395. The first-order valence-corrected chi connectivity index (χ1v) is 11.4. The first-order chi connectivity index (χ1) is 16.5. The molecule has 0 aliphatic carbocycles. The Bertz CT molecular complexity index is 1560. The maximum atomic E-state index is 13.5. The zero-order valence-electron chi connectivity index (χ0n) is 19.2. The van der Waals surface area contributed by atoms with Crippen LogP contribution >= 0.6 is 0 Å². The second-order valence-electron chi connectivity index (χ2n) is 8.71. The van der Waals surface area contributed by atoms with Gasteiger partial charge >= 0.3 is 5.69 Å². The smallest absolute Gasteiger partial charge is 0.349 e. The van der Waals surface area contributed by atoms with Crippen molar-refractivity contribution in [2.75, 3.05) is 6.61 Å². The van der Waals surface area contributed by atoms with Gasteiger partial charge in [-0.1, -0.05) is 6.92 Å². The fraction of sp³-hybridized carbons (Fsp3) is 0.375. The van der Waals surface area contributed by atoms with Gasteiger partial charge in [-0.2, -0.15) is 10.1 Å². The van der Waals surface area contributed by atoms with Crippen LogP contribution in [-0.4, -0.2) is 42.0 Å². The van der Waals surface area contributed by atoms with E-state index in [1.807, 2.05) is 26.2 Å². The Labute approximate surface area is 194 Å². The van der Waals surface area contributed by atoms with Crippen molar-refractivity contribution >= 4 is 22.2 Å². The highest BCUT2D eigenvalue weighted by molar-refractivity contribution is 6.06. The summed E-state index contributed by atoms with van der Waals surface area (Å²) >= 11 is 0. The predicted molar refractivity (Wildman–Crippen MR) is 124 cm³/mol. The number of aryl methyl sites for hydroxylation is 2. The predicted octanol–water partition coefficient (Wildman–Crippen LogP) is 4.03. The van der Waals surface area contributed by atoms with Gasteiger partial charge in [0.25, 0.3) is 0 Å². The Morgan fingerprint density at radius 1 is 1.24 bits per heavy atom. The molecule has 10 heteroatoms. The van der Waals surface area contributed by atoms with Gasteiger partial charge in [-0.15, -0.1) is 0 Å². The van der Waals surface area contributed by atoms with Crippen molar-refractivity contribution in [1.82, 2.24) is 29.3 Å². The van der Waals surface area contributed by atoms with Crippen molar-refractivity contribution in [3.8, 4) is 22.6 Å². The van der Waals surface area contributed by atoms with E-state index < -0.39 is 0 Å². The summed E-state index contributed by atoms with van der Waals surface area (Å²) in [6.07, 6.45) is 8.98. The normalized spacial score (nSPS) is 18.8. The summed E-state index contributed by atoms with van der Waals surface area (Å²) in [5, 5.41) is 4.99. The van der Waals surface area contributed by atoms with Crippen LogP contribution in [0.5, 0.6) is 0 Å². The lowest BCUT2D eigenvalue weighted by atomic mass is 10.0. The molecule has 34 heavy (non-hydrogen) atoms. The Morgan fingerprint density at radius 2 is 2.12 bits per heavy atom. The highest BCUT2D eigenvalue weighted by Gasteiger charge is 2.29. The second kappa shape index (κ2) is 7.91. The van der Waals surface area contributed by atoms with E-state index in [9.17, 15) is 4.79 Å². The van der Waals surface area contributed by atoms with E-state index in [1.165, 1.54) is 6.39 Å². The second-order valence-corrected chi connectivity index (χ2v) is 8.71. The zero-order valence-corrected chi connectivity index (χ0v) is 19.2. The van der Waals surface area contributed by atoms with Gasteiger partial charge < -0.3 is 13.6 Å². The number of furan rings is 1. The molecule has 1 aliphatic rings. The molecule has 1 aliphatic heterocycles. The van der Waals surface area contributed by atoms with Crippen molar-refractivity contribution in [1.29, 1.82) is 0 Å². The summed E-state index contributed by atoms with van der Waals surface area (Å²) in [5.41, 5.74) is 4.03. The lowest BCUT2D eigenvalue weighted by molar-refractivity contribution is -0.00709. The van der Waals surface area contributed by atoms with Crippen LogP contribution in [0.25, 0.3) is 44.8 Å². The van der Waals surface area contributed by atoms with Gasteiger partial charge in [-0.25, -0.2) is 14.8 Å². The summed E-state index contributed by atoms with van der Waals surface area (Å²) in [7, 11) is 1.82. The Balaban J connectivity index is 1.68. The summed E-state index contributed by atoms with van der Waals surface area (Å²) in [6.45, 7) is 4.58. The molecule has 0 N–H and O–H groups in total. The molecule has 5 aromatic heterocycles. The third-order valence-electron chi connectivity index (χ3n) is 6.55. The number of aromatic nitrogens is 6. The maximum absolute atomic E-state index is 13.5. The van der Waals surface area contributed by atoms with E-state index in [1.54, 1.807) is 21.6 Å². The number of oxazole rings is 1. The number of pyridine rings is 1. The number of hydrogen-bond acceptors (Lipinski definition) is 8. The van der Waals surface area contributed by atoms with Crippen molar-refractivity contribution in [3.63, 3.8) is 0 Å². The van der Waals surface area contributed by atoms with E-state index in [0.717, 1.165) is 35.9 Å². The number of ether oxygens (including phenoxy) is 1. The van der Waals surface area contributed by atoms with Crippen LogP contribution in [0, 0.1) is 6.92 Å². The molecule has 174 valence electrons. The molecule has 0 bridgehead atoms. The van der Waals surface area contributed by atoms with Crippen LogP contribution in [0.3, 0.4) is 0 Å². The van der Waals surface area contributed by atoms with Crippen LogP contribution in [-0.2, 0) is 11.8 Å². The van der Waals surface area contributed by atoms with Gasteiger partial charge in [-0.05, 0) is 32.3 Å². The molecule has 0 aromatic carbocycles. The minimum Gasteiger partial charge on any atom is -0.443 e. The van der Waals surface area contributed by atoms with Gasteiger partial charge in [0.1, 0.15) is 11.2 Å². The molecule has 0 unspecified atom stereocenters. The molecular weight excluding hydrogens is 436 g/mol. The Kier molecular flexibility index (Phi) is 4.84. The average Bonchev–Trinajstić information content (AvgIpc) is 3.58. The average molecular weight is 460 g/mol. The molecule has 10 nitrogen and oxygen atoms in total. The minimum absolute atomic E-state index is 0.0556. The molecule has 0 radical (unpaired) electrons. The van der Waals surface area contributed by atoms with Gasteiger partial charge in [0.15, 0.2) is 17.7 Å². The van der Waals surface area contributed by atoms with E-state index in [0.29, 0.717) is 40.4 Å². The fourth-order valence-corrected chi connectivity index (χ4v) is 4.85. The molecule has 2 atom stereocenters. The first-order valence-electron chi connectivity index (χ1n) is 11.4. The van der Waals surface area contributed by atoms with Crippen LogP contribution in [0.4, 0.5) is 0 Å². The van der Waals surface area contributed by atoms with E-state index in [-0.39, 0.29) is 17.8 Å². The summed E-state index contributed by atoms with van der Waals surface area (Å²) in [6, 6.07) is 1.91. The van der Waals surface area contributed by atoms with Gasteiger partial charge in [0.2, 0.25) is 5.71 Å². The summed E-state index contributed by atoms with van der Waals surface area (Å²) in [4.78, 5) is 26.8. The molecule has 6 heterocycles. The highest BCUT2D eigenvalue weighted by atomic mass is 16.5. The van der Waals surface area contributed by atoms with Crippen LogP contribution in [0.15, 0.2) is 44.7 Å². The van der Waals surface area contributed by atoms with E-state index in [4.69, 9.17) is 18.6 Å². The molecule has 0 saturated carbocycles. The highest BCUT2D eigenvalue weighted by Crippen LogP contribution is 2.38. The van der Waals surface area contributed by atoms with Crippen LogP contribution in [0.1, 0.15) is 37.9 Å². The number of nitrogens with zero attached hydrogens (tertiary/aromatic N) is 6. The number of rotatable bonds is 4. The monoisotopic (exact) mass is 460 g/mol. The fourth-order valence-electron chi connectivity index (χ4n) is 4.85. The Morgan fingerprint density at radius 3 is 2.85 bits per heavy atom. The van der Waals surface area contributed by atoms with Crippen molar-refractivity contribution in [2.24, 2.45) is 7.05 Å². The summed E-state index contributed by atoms with van der Waals surface area (Å²) < 4.78 is 21.2. The molecule has 6 rings (SSSR count). The number of hydrogen-bond donors (Lipinski definition) is 0. The van der Waals surface area contributed by atoms with E-state index >= 15 is 0 Å². The maximum Gasteiger partial charge on any atom is 0.349 e. The largest absolute Gasteiger partial charge is 0.443 e. The van der Waals surface area contributed by atoms with E-state index in [2.05, 4.69) is 22.0 Å². The lowest BCUT2D eigenvalue weighted by Crippen LogP contribution is -2.34. The lowest BCUT2D eigenvalue weighted by Gasteiger charge is -2.30. The van der Waals surface area contributed by atoms with Crippen molar-refractivity contribution in [2.45, 2.75) is 45.3 Å². The summed E-state index contributed by atoms with van der Waals surface area (Å²) in [5.74, 6) is 0.605. The SMILES string of the molecule is CC[C@H]1C[C@@H](n2c(=O)nc(-c3cnn(C)c3)c3oc4nc(C)c(-c5cnco5)cc4c32)CCO1. The third kappa shape index (κ3) is 3.25. The molecule has 1 saturated heterocycles. The van der Waals surface area contributed by atoms with Crippen LogP contribution < -0.4 is 5.69 Å². The molecule has 0 spiro atoms. The van der Waals surface area contributed by atoms with Gasteiger partial charge in [-0.3, -0.25) is 9.25 Å². The molecule has 0 amide bonds. The number of fused-ring (bicyclic) bond motifs is 3. The third-order valence-corrected chi connectivity index (χ3v) is 6.55. The minimum atomic E-state index is -0.322. The van der Waals surface area contributed by atoms with Crippen molar-refractivity contribution in [3.05, 3.63) is 47.2 Å². The molecular formula is C24H24N6O4.